The molecule has 0 aliphatic rings. The van der Waals surface area contributed by atoms with Crippen LogP contribution in [-0.2, 0) is 10.0 Å². The molecule has 0 aliphatic carbocycles. The van der Waals surface area contributed by atoms with Crippen LogP contribution in [0.3, 0.4) is 0 Å². The molecule has 0 aliphatic heterocycles. The summed E-state index contributed by atoms with van der Waals surface area (Å²) in [5.41, 5.74) is 5.80. The molecule has 0 heterocycles. The van der Waals surface area contributed by atoms with Gasteiger partial charge in [-0.25, -0.2) is 12.8 Å². The van der Waals surface area contributed by atoms with E-state index in [0.29, 0.717) is 13.0 Å². The van der Waals surface area contributed by atoms with Crippen LogP contribution in [0.15, 0.2) is 21.5 Å². The van der Waals surface area contributed by atoms with E-state index < -0.39 is 15.8 Å². The van der Waals surface area contributed by atoms with Crippen molar-refractivity contribution in [2.24, 2.45) is 0 Å². The molecule has 0 amide bonds. The van der Waals surface area contributed by atoms with Gasteiger partial charge < -0.3 is 5.73 Å². The van der Waals surface area contributed by atoms with Gasteiger partial charge in [-0.05, 0) is 48.3 Å². The number of benzene rings is 1. The van der Waals surface area contributed by atoms with Gasteiger partial charge in [0, 0.05) is 18.3 Å². The highest BCUT2D eigenvalue weighted by Crippen LogP contribution is 2.29. The highest BCUT2D eigenvalue weighted by atomic mass is 79.9. The van der Waals surface area contributed by atoms with Crippen molar-refractivity contribution in [1.29, 1.82) is 0 Å². The summed E-state index contributed by atoms with van der Waals surface area (Å²) in [6, 6.07) is 2.25. The lowest BCUT2D eigenvalue weighted by molar-refractivity contribution is 0.352. The second kappa shape index (κ2) is 6.19. The average Bonchev–Trinajstić information content (AvgIpc) is 2.29. The van der Waals surface area contributed by atoms with Crippen molar-refractivity contribution in [2.75, 3.05) is 12.3 Å². The molecule has 1 rings (SSSR count). The third kappa shape index (κ3) is 3.46. The van der Waals surface area contributed by atoms with Gasteiger partial charge in [-0.15, -0.1) is 0 Å². The van der Waals surface area contributed by atoms with Crippen molar-refractivity contribution in [3.05, 3.63) is 22.4 Å². The van der Waals surface area contributed by atoms with Gasteiger partial charge in [0.1, 0.15) is 4.90 Å². The average molecular weight is 353 g/mol. The van der Waals surface area contributed by atoms with Crippen LogP contribution < -0.4 is 5.73 Å². The second-order valence-corrected chi connectivity index (χ2v) is 7.24. The van der Waals surface area contributed by atoms with Gasteiger partial charge in [0.15, 0.2) is 5.82 Å². The number of nitrogens with two attached hydrogens (primary N) is 1. The molecule has 0 saturated heterocycles. The summed E-state index contributed by atoms with van der Waals surface area (Å²) in [5, 5.41) is 0. The molecule has 0 saturated carbocycles. The monoisotopic (exact) mass is 352 g/mol. The zero-order chi connectivity index (χ0) is 14.8. The van der Waals surface area contributed by atoms with Gasteiger partial charge in [-0.3, -0.25) is 0 Å². The summed E-state index contributed by atoms with van der Waals surface area (Å²) in [6.07, 6.45) is 0.655. The van der Waals surface area contributed by atoms with E-state index >= 15 is 0 Å². The zero-order valence-corrected chi connectivity index (χ0v) is 13.6. The molecular weight excluding hydrogens is 335 g/mol. The molecule has 0 bridgehead atoms. The fraction of sp³-hybridized carbons (Fsp3) is 0.500. The molecule has 108 valence electrons. The molecule has 4 nitrogen and oxygen atoms in total. The Morgan fingerprint density at radius 2 is 2.00 bits per heavy atom. The molecule has 7 heteroatoms. The lowest BCUT2D eigenvalue weighted by Crippen LogP contribution is -2.38. The number of anilines is 1. The normalized spacial score (nSPS) is 12.4. The third-order valence-electron chi connectivity index (χ3n) is 2.62. The first kappa shape index (κ1) is 16.4. The first-order valence-electron chi connectivity index (χ1n) is 5.98. The van der Waals surface area contributed by atoms with E-state index in [1.54, 1.807) is 13.8 Å². The molecule has 1 aromatic carbocycles. The number of hydrogen-bond acceptors (Lipinski definition) is 3. The quantitative estimate of drug-likeness (QED) is 0.828. The van der Waals surface area contributed by atoms with Gasteiger partial charge in [0.2, 0.25) is 10.0 Å². The fourth-order valence-electron chi connectivity index (χ4n) is 1.77. The number of hydrogen-bond donors (Lipinski definition) is 1. The third-order valence-corrected chi connectivity index (χ3v) is 5.28. The van der Waals surface area contributed by atoms with E-state index in [9.17, 15) is 12.8 Å². The summed E-state index contributed by atoms with van der Waals surface area (Å²) < 4.78 is 40.4. The van der Waals surface area contributed by atoms with E-state index in [1.165, 1.54) is 10.4 Å². The van der Waals surface area contributed by atoms with E-state index in [2.05, 4.69) is 15.9 Å². The van der Waals surface area contributed by atoms with Crippen molar-refractivity contribution < 1.29 is 12.8 Å². The van der Waals surface area contributed by atoms with Crippen LogP contribution >= 0.6 is 15.9 Å². The summed E-state index contributed by atoms with van der Waals surface area (Å²) in [5.74, 6) is -0.809. The Balaban J connectivity index is 3.41. The van der Waals surface area contributed by atoms with Gasteiger partial charge in [0.25, 0.3) is 0 Å². The lowest BCUT2D eigenvalue weighted by atomic mass is 10.3. The molecule has 0 atom stereocenters. The maximum atomic E-state index is 14.0. The predicted octanol–water partition coefficient (Wildman–Crippen LogP) is 2.98. The first-order valence-corrected chi connectivity index (χ1v) is 8.21. The molecule has 0 unspecified atom stereocenters. The summed E-state index contributed by atoms with van der Waals surface area (Å²) in [4.78, 5) is -0.387. The van der Waals surface area contributed by atoms with E-state index in [-0.39, 0.29) is 21.1 Å². The Hall–Kier alpha value is -0.660. The van der Waals surface area contributed by atoms with Crippen LogP contribution in [0.1, 0.15) is 27.2 Å². The number of rotatable bonds is 5. The molecule has 19 heavy (non-hydrogen) atoms. The van der Waals surface area contributed by atoms with Crippen LogP contribution in [0.5, 0.6) is 0 Å². The van der Waals surface area contributed by atoms with Crippen LogP contribution in [-0.4, -0.2) is 25.3 Å². The smallest absolute Gasteiger partial charge is 0.246 e. The van der Waals surface area contributed by atoms with Crippen molar-refractivity contribution in [1.82, 2.24) is 4.31 Å². The van der Waals surface area contributed by atoms with Gasteiger partial charge in [0.05, 0.1) is 4.47 Å². The maximum Gasteiger partial charge on any atom is 0.246 e. The standard InChI is InChI=1S/C12H18BrFN2O2S/c1-4-5-16(8(2)3)19(17,18)11-7-9(15)6-10(13)12(11)14/h6-8H,4-5,15H2,1-3H3. The number of halogens is 2. The number of nitrogens with zero attached hydrogens (tertiary/aromatic N) is 1. The van der Waals surface area contributed by atoms with Crippen LogP contribution in [0.25, 0.3) is 0 Å². The van der Waals surface area contributed by atoms with Crippen molar-refractivity contribution >= 4 is 31.6 Å². The van der Waals surface area contributed by atoms with Crippen LogP contribution in [0.2, 0.25) is 0 Å². The van der Waals surface area contributed by atoms with Gasteiger partial charge in [-0.2, -0.15) is 4.31 Å². The fourth-order valence-corrected chi connectivity index (χ4v) is 4.24. The van der Waals surface area contributed by atoms with E-state index in [0.717, 1.165) is 6.07 Å². The molecule has 1 aromatic rings. The highest BCUT2D eigenvalue weighted by Gasteiger charge is 2.30. The number of nitrogen functional groups attached to an aromatic ring is 1. The van der Waals surface area contributed by atoms with Crippen molar-refractivity contribution in [2.45, 2.75) is 38.1 Å². The largest absolute Gasteiger partial charge is 0.399 e. The highest BCUT2D eigenvalue weighted by molar-refractivity contribution is 9.10. The second-order valence-electron chi connectivity index (χ2n) is 4.52. The SMILES string of the molecule is CCCN(C(C)C)S(=O)(=O)c1cc(N)cc(Br)c1F. The Kier molecular flexibility index (Phi) is 5.34. The molecule has 0 aromatic heterocycles. The Morgan fingerprint density at radius 1 is 1.42 bits per heavy atom. The zero-order valence-electron chi connectivity index (χ0n) is 11.2. The van der Waals surface area contributed by atoms with Gasteiger partial charge in [-0.1, -0.05) is 6.92 Å². The Morgan fingerprint density at radius 3 is 2.47 bits per heavy atom. The van der Waals surface area contributed by atoms with E-state index in [4.69, 9.17) is 5.73 Å². The molecule has 0 radical (unpaired) electrons. The molecule has 2 N–H and O–H groups in total. The molecular formula is C12H18BrFN2O2S. The molecule has 0 fully saturated rings. The Bertz CT molecular complexity index is 561. The Labute approximate surface area is 122 Å². The maximum absolute atomic E-state index is 14.0. The first-order chi connectivity index (χ1) is 8.71. The minimum Gasteiger partial charge on any atom is -0.399 e. The lowest BCUT2D eigenvalue weighted by Gasteiger charge is -2.25. The minimum absolute atomic E-state index is 0.0475. The van der Waals surface area contributed by atoms with Crippen molar-refractivity contribution in [3.63, 3.8) is 0 Å². The van der Waals surface area contributed by atoms with E-state index in [1.807, 2.05) is 6.92 Å². The number of sulfonamides is 1. The minimum atomic E-state index is -3.89. The summed E-state index contributed by atoms with van der Waals surface area (Å²) >= 11 is 2.98. The summed E-state index contributed by atoms with van der Waals surface area (Å²) in [7, 11) is -3.89. The van der Waals surface area contributed by atoms with Crippen LogP contribution in [0.4, 0.5) is 10.1 Å². The predicted molar refractivity (Wildman–Crippen MR) is 77.8 cm³/mol. The molecule has 0 spiro atoms. The van der Waals surface area contributed by atoms with Crippen molar-refractivity contribution in [3.8, 4) is 0 Å². The van der Waals surface area contributed by atoms with Crippen LogP contribution in [0, 0.1) is 5.82 Å². The van der Waals surface area contributed by atoms with Gasteiger partial charge >= 0.3 is 0 Å². The summed E-state index contributed by atoms with van der Waals surface area (Å²) in [6.45, 7) is 5.72. The topological polar surface area (TPSA) is 63.4 Å².